The molecule has 8 heteroatoms. The van der Waals surface area contributed by atoms with E-state index in [4.69, 9.17) is 5.73 Å². The molecule has 0 aromatic heterocycles. The Balaban J connectivity index is 0.00000288. The van der Waals surface area contributed by atoms with Crippen molar-refractivity contribution in [2.24, 2.45) is 0 Å². The van der Waals surface area contributed by atoms with E-state index in [0.29, 0.717) is 11.4 Å². The van der Waals surface area contributed by atoms with E-state index in [1.807, 2.05) is 0 Å². The van der Waals surface area contributed by atoms with Gasteiger partial charge in [-0.2, -0.15) is 0 Å². The van der Waals surface area contributed by atoms with Crippen molar-refractivity contribution in [2.75, 3.05) is 10.0 Å². The van der Waals surface area contributed by atoms with E-state index in [0.717, 1.165) is 5.56 Å². The largest absolute Gasteiger partial charge is 0.667 e. The van der Waals surface area contributed by atoms with Crippen LogP contribution < -0.4 is 10.0 Å². The summed E-state index contributed by atoms with van der Waals surface area (Å²) in [5.74, 6) is -0.448. The van der Waals surface area contributed by atoms with Gasteiger partial charge in [0, 0.05) is 49.7 Å². The van der Waals surface area contributed by atoms with E-state index in [2.05, 4.69) is 10.0 Å². The van der Waals surface area contributed by atoms with Gasteiger partial charge in [-0.3, -0.25) is 9.52 Å². The first-order valence-electron chi connectivity index (χ1n) is 7.00. The molecule has 2 aromatic rings. The number of aryl methyl sites for hydroxylation is 1. The first-order valence-corrected chi connectivity index (χ1v) is 8.48. The van der Waals surface area contributed by atoms with E-state index in [-0.39, 0.29) is 49.0 Å². The van der Waals surface area contributed by atoms with Crippen LogP contribution >= 0.6 is 0 Å². The smallest absolute Gasteiger partial charge is 0.261 e. The average molecular weight is 559 g/mol. The van der Waals surface area contributed by atoms with Gasteiger partial charge in [0.25, 0.3) is 10.0 Å². The van der Waals surface area contributed by atoms with Crippen LogP contribution in [0.2, 0.25) is 0 Å². The van der Waals surface area contributed by atoms with Crippen LogP contribution in [0.5, 0.6) is 0 Å². The van der Waals surface area contributed by atoms with Gasteiger partial charge in [0.05, 0.1) is 10.6 Å². The van der Waals surface area contributed by atoms with Gasteiger partial charge in [0.1, 0.15) is 0 Å². The Morgan fingerprint density at radius 1 is 1.12 bits per heavy atom. The topological polar surface area (TPSA) is 99.1 Å². The molecule has 0 fully saturated rings. The van der Waals surface area contributed by atoms with Crippen LogP contribution in [0, 0.1) is 51.0 Å². The van der Waals surface area contributed by atoms with E-state index in [1.54, 1.807) is 37.3 Å². The summed E-state index contributed by atoms with van der Waals surface area (Å²) in [7, 11) is -3.69. The summed E-state index contributed by atoms with van der Waals surface area (Å²) in [6, 6.07) is 12.0. The molecule has 1 atom stereocenters. The van der Waals surface area contributed by atoms with E-state index in [9.17, 15) is 13.2 Å². The molecule has 1 amide bonds. The molecule has 2 aromatic carbocycles. The van der Waals surface area contributed by atoms with Crippen molar-refractivity contribution in [1.29, 1.82) is 0 Å². The summed E-state index contributed by atoms with van der Waals surface area (Å²) >= 11 is 0. The Kier molecular flexibility index (Phi) is 7.87. The molecular weight excluding hydrogens is 541 g/mol. The van der Waals surface area contributed by atoms with Crippen LogP contribution in [0.4, 0.5) is 11.4 Å². The summed E-state index contributed by atoms with van der Waals surface area (Å²) in [4.78, 5) is 11.8. The van der Waals surface area contributed by atoms with Crippen LogP contribution in [0.25, 0.3) is 5.73 Å². The quantitative estimate of drug-likeness (QED) is 0.589. The number of anilines is 2. The van der Waals surface area contributed by atoms with Gasteiger partial charge in [-0.1, -0.05) is 37.2 Å². The maximum absolute atomic E-state index is 12.3. The monoisotopic (exact) mass is 559 g/mol. The van der Waals surface area contributed by atoms with Gasteiger partial charge >= 0.3 is 0 Å². The Hall–Kier alpha value is -0.938. The summed E-state index contributed by atoms with van der Waals surface area (Å²) in [5, 5.41) is 2.61. The second kappa shape index (κ2) is 8.95. The first kappa shape index (κ1) is 21.1. The summed E-state index contributed by atoms with van der Waals surface area (Å²) in [6.45, 7) is 3.26. The third-order valence-corrected chi connectivity index (χ3v) is 4.59. The Labute approximate surface area is 177 Å². The maximum atomic E-state index is 12.3. The fourth-order valence-corrected chi connectivity index (χ4v) is 2.95. The predicted molar refractivity (Wildman–Crippen MR) is 90.8 cm³/mol. The molecule has 0 saturated heterocycles. The van der Waals surface area contributed by atoms with Gasteiger partial charge < -0.3 is 11.1 Å². The number of nitrogens with one attached hydrogen (secondary N) is 3. The molecule has 0 heterocycles. The summed E-state index contributed by atoms with van der Waals surface area (Å²) in [5.41, 5.74) is 8.98. The van der Waals surface area contributed by atoms with Crippen molar-refractivity contribution in [3.63, 3.8) is 0 Å². The summed E-state index contributed by atoms with van der Waals surface area (Å²) in [6.07, 6.45) is 0. The molecule has 0 aliphatic carbocycles. The Morgan fingerprint density at radius 2 is 1.75 bits per heavy atom. The second-order valence-electron chi connectivity index (χ2n) is 5.16. The number of hydrogen-bond acceptors (Lipinski definition) is 3. The molecule has 1 radical (unpaired) electrons. The van der Waals surface area contributed by atoms with E-state index < -0.39 is 22.0 Å². The van der Waals surface area contributed by atoms with Crippen molar-refractivity contribution in [3.05, 3.63) is 59.8 Å². The minimum atomic E-state index is -3.69. The van der Waals surface area contributed by atoms with Gasteiger partial charge in [0.15, 0.2) is 0 Å². The van der Waals surface area contributed by atoms with Gasteiger partial charge in [0.2, 0.25) is 5.91 Å². The number of amides is 1. The molecule has 6 nitrogen and oxygen atoms in total. The molecule has 0 aliphatic rings. The fraction of sp³-hybridized carbons (Fsp3) is 0.188. The molecule has 0 aliphatic heterocycles. The molecule has 2 rings (SSSR count). The van der Waals surface area contributed by atoms with Crippen LogP contribution in [-0.4, -0.2) is 20.4 Å². The van der Waals surface area contributed by atoms with Crippen molar-refractivity contribution >= 4 is 27.3 Å². The molecule has 0 bridgehead atoms. The molecule has 125 valence electrons. The molecule has 1 unspecified atom stereocenters. The van der Waals surface area contributed by atoms with Crippen molar-refractivity contribution in [2.45, 2.75) is 24.8 Å². The number of sulfonamides is 1. The molecular formula is C16H18AcN3O3S-. The van der Waals surface area contributed by atoms with Crippen LogP contribution in [0.3, 0.4) is 0 Å². The zero-order valence-corrected chi connectivity index (χ0v) is 19.0. The minimum Gasteiger partial charge on any atom is -0.667 e. The third kappa shape index (κ3) is 5.56. The van der Waals surface area contributed by atoms with E-state index >= 15 is 0 Å². The number of hydrogen-bond donors (Lipinski definition) is 2. The Morgan fingerprint density at radius 3 is 2.33 bits per heavy atom. The first-order chi connectivity index (χ1) is 10.8. The fourth-order valence-electron chi connectivity index (χ4n) is 1.87. The van der Waals surface area contributed by atoms with Crippen LogP contribution in [0.1, 0.15) is 12.5 Å². The number of benzene rings is 2. The standard InChI is InChI=1S/C16H18N3O3S.Ac/c1-11-8-9-13(10-15(11)18-16(20)12(2)17)19-23(21,22)14-6-4-3-5-7-14;/h3-10,12,17,19H,1-2H3,(H,18,20);/q-1;. The molecule has 0 saturated carbocycles. The minimum absolute atomic E-state index is 0. The zero-order valence-electron chi connectivity index (χ0n) is 13.4. The number of carbonyl (C=O) groups is 1. The molecule has 3 N–H and O–H groups in total. The predicted octanol–water partition coefficient (Wildman–Crippen LogP) is 3.18. The van der Waals surface area contributed by atoms with Gasteiger partial charge in [-0.15, -0.1) is 0 Å². The maximum Gasteiger partial charge on any atom is 0.261 e. The molecule has 24 heavy (non-hydrogen) atoms. The Bertz CT molecular complexity index is 809. The second-order valence-corrected chi connectivity index (χ2v) is 6.84. The van der Waals surface area contributed by atoms with Crippen molar-refractivity contribution < 1.29 is 57.3 Å². The molecule has 0 spiro atoms. The van der Waals surface area contributed by atoms with Gasteiger partial charge in [-0.25, -0.2) is 8.42 Å². The zero-order chi connectivity index (χ0) is 17.0. The number of carbonyl (C=O) groups excluding carboxylic acids is 1. The normalized spacial score (nSPS) is 12.0. The number of rotatable bonds is 5. The average Bonchev–Trinajstić information content (AvgIpc) is 2.51. The summed E-state index contributed by atoms with van der Waals surface area (Å²) < 4.78 is 27.1. The van der Waals surface area contributed by atoms with Crippen molar-refractivity contribution in [1.82, 2.24) is 0 Å². The SMILES string of the molecule is Cc1ccc(NS(=O)(=O)c2ccccc2)cc1NC(=O)C(C)[NH-].[Ac]. The van der Waals surface area contributed by atoms with Crippen molar-refractivity contribution in [3.8, 4) is 0 Å². The third-order valence-electron chi connectivity index (χ3n) is 3.19. The van der Waals surface area contributed by atoms with E-state index in [1.165, 1.54) is 25.1 Å². The van der Waals surface area contributed by atoms with Crippen LogP contribution in [-0.2, 0) is 14.8 Å². The van der Waals surface area contributed by atoms with Gasteiger partial charge in [-0.05, 0) is 36.8 Å². The van der Waals surface area contributed by atoms with Crippen LogP contribution in [0.15, 0.2) is 53.4 Å².